The molecule has 0 unspecified atom stereocenters. The average Bonchev–Trinajstić information content (AvgIpc) is 2.75. The fourth-order valence-corrected chi connectivity index (χ4v) is 3.35. The number of carbonyl (C=O) groups excluding carboxylic acids is 2. The summed E-state index contributed by atoms with van der Waals surface area (Å²) in [7, 11) is 0. The number of imide groups is 1. The second kappa shape index (κ2) is 5.44. The molecule has 3 N–H and O–H groups in total. The number of rotatable bonds is 3. The van der Waals surface area contributed by atoms with Gasteiger partial charge in [-0.05, 0) is 49.5 Å². The second-order valence-corrected chi connectivity index (χ2v) is 5.71. The van der Waals surface area contributed by atoms with Gasteiger partial charge in [0.2, 0.25) is 0 Å². The Balaban J connectivity index is 1.92. The van der Waals surface area contributed by atoms with Crippen LogP contribution in [-0.4, -0.2) is 30.6 Å². The molecule has 2 aliphatic heterocycles. The molecule has 21 heavy (non-hydrogen) atoms. The van der Waals surface area contributed by atoms with E-state index in [1.54, 1.807) is 12.1 Å². The number of hydrogen-bond donors (Lipinski definition) is 3. The van der Waals surface area contributed by atoms with E-state index in [1.165, 1.54) is 12.1 Å². The summed E-state index contributed by atoms with van der Waals surface area (Å²) >= 11 is 0. The van der Waals surface area contributed by atoms with Crippen molar-refractivity contribution in [1.82, 2.24) is 16.0 Å². The molecule has 1 aromatic rings. The summed E-state index contributed by atoms with van der Waals surface area (Å²) in [4.78, 5) is 24.0. The van der Waals surface area contributed by atoms with Gasteiger partial charge in [-0.1, -0.05) is 12.1 Å². The number of amides is 3. The Morgan fingerprint density at radius 3 is 2.62 bits per heavy atom. The van der Waals surface area contributed by atoms with Crippen LogP contribution in [0.3, 0.4) is 0 Å². The van der Waals surface area contributed by atoms with E-state index in [0.717, 1.165) is 25.9 Å². The zero-order valence-electron chi connectivity index (χ0n) is 11.6. The van der Waals surface area contributed by atoms with Crippen molar-refractivity contribution in [2.75, 3.05) is 13.1 Å². The van der Waals surface area contributed by atoms with Crippen molar-refractivity contribution in [1.29, 1.82) is 0 Å². The zero-order valence-corrected chi connectivity index (χ0v) is 11.6. The van der Waals surface area contributed by atoms with Gasteiger partial charge in [-0.2, -0.15) is 0 Å². The smallest absolute Gasteiger partial charge is 0.322 e. The second-order valence-electron chi connectivity index (χ2n) is 5.71. The van der Waals surface area contributed by atoms with E-state index in [0.29, 0.717) is 12.0 Å². The molecule has 0 aromatic heterocycles. The van der Waals surface area contributed by atoms with Crippen molar-refractivity contribution in [3.05, 3.63) is 35.6 Å². The average molecular weight is 291 g/mol. The molecule has 0 aliphatic carbocycles. The Bertz CT molecular complexity index is 572. The molecule has 2 aliphatic rings. The topological polar surface area (TPSA) is 70.2 Å². The molecule has 0 radical (unpaired) electrons. The van der Waals surface area contributed by atoms with E-state index < -0.39 is 11.6 Å². The van der Waals surface area contributed by atoms with Gasteiger partial charge in [-0.3, -0.25) is 10.1 Å². The standard InChI is InChI=1S/C15H18FN3O2/c16-12-3-1-2-10(8-12)9-15(11-4-6-17-7-5-11)13(20)18-14(21)19-15/h1-3,8,11,17H,4-7,9H2,(H2,18,19,20,21)/t15-/m0/s1. The summed E-state index contributed by atoms with van der Waals surface area (Å²) in [5.41, 5.74) is -0.252. The first-order valence-corrected chi connectivity index (χ1v) is 7.19. The first kappa shape index (κ1) is 14.0. The SMILES string of the molecule is O=C1NC(=O)[C@](Cc2cccc(F)c2)(C2CCNCC2)N1. The Morgan fingerprint density at radius 1 is 1.24 bits per heavy atom. The summed E-state index contributed by atoms with van der Waals surface area (Å²) in [5.74, 6) is -0.588. The Labute approximate surface area is 122 Å². The maximum atomic E-state index is 13.4. The van der Waals surface area contributed by atoms with Gasteiger partial charge in [0.25, 0.3) is 5.91 Å². The molecule has 1 aromatic carbocycles. The lowest BCUT2D eigenvalue weighted by molar-refractivity contribution is -0.126. The van der Waals surface area contributed by atoms with Crippen molar-refractivity contribution in [3.63, 3.8) is 0 Å². The van der Waals surface area contributed by atoms with Crippen LogP contribution in [0.5, 0.6) is 0 Å². The maximum absolute atomic E-state index is 13.4. The zero-order chi connectivity index (χ0) is 14.9. The van der Waals surface area contributed by atoms with E-state index in [-0.39, 0.29) is 17.6 Å². The fraction of sp³-hybridized carbons (Fsp3) is 0.467. The van der Waals surface area contributed by atoms with Crippen molar-refractivity contribution < 1.29 is 14.0 Å². The van der Waals surface area contributed by atoms with Gasteiger partial charge in [0, 0.05) is 6.42 Å². The highest BCUT2D eigenvalue weighted by molar-refractivity contribution is 6.07. The van der Waals surface area contributed by atoms with E-state index in [2.05, 4.69) is 16.0 Å². The molecule has 2 fully saturated rings. The van der Waals surface area contributed by atoms with Crippen LogP contribution >= 0.6 is 0 Å². The number of nitrogens with one attached hydrogen (secondary N) is 3. The Kier molecular flexibility index (Phi) is 3.63. The molecular weight excluding hydrogens is 273 g/mol. The van der Waals surface area contributed by atoms with Crippen LogP contribution in [0.2, 0.25) is 0 Å². The number of carbonyl (C=O) groups is 2. The highest BCUT2D eigenvalue weighted by Crippen LogP contribution is 2.32. The van der Waals surface area contributed by atoms with Crippen molar-refractivity contribution >= 4 is 11.9 Å². The predicted octanol–water partition coefficient (Wildman–Crippen LogP) is 0.946. The van der Waals surface area contributed by atoms with Gasteiger partial charge < -0.3 is 10.6 Å². The third kappa shape index (κ3) is 2.63. The maximum Gasteiger partial charge on any atom is 0.322 e. The number of hydrogen-bond acceptors (Lipinski definition) is 3. The summed E-state index contributed by atoms with van der Waals surface area (Å²) in [6.45, 7) is 1.64. The van der Waals surface area contributed by atoms with Gasteiger partial charge in [0.05, 0.1) is 0 Å². The molecule has 6 heteroatoms. The van der Waals surface area contributed by atoms with E-state index in [4.69, 9.17) is 0 Å². The highest BCUT2D eigenvalue weighted by Gasteiger charge is 2.51. The minimum Gasteiger partial charge on any atom is -0.323 e. The van der Waals surface area contributed by atoms with E-state index >= 15 is 0 Å². The van der Waals surface area contributed by atoms with Crippen molar-refractivity contribution in [2.45, 2.75) is 24.8 Å². The van der Waals surface area contributed by atoms with Gasteiger partial charge in [0.15, 0.2) is 0 Å². The lowest BCUT2D eigenvalue weighted by atomic mass is 9.74. The normalized spacial score (nSPS) is 26.5. The number of benzene rings is 1. The van der Waals surface area contributed by atoms with Gasteiger partial charge >= 0.3 is 6.03 Å². The van der Waals surface area contributed by atoms with Crippen LogP contribution in [0.25, 0.3) is 0 Å². The molecule has 2 heterocycles. The van der Waals surface area contributed by atoms with Crippen molar-refractivity contribution in [3.8, 4) is 0 Å². The molecule has 1 atom stereocenters. The predicted molar refractivity (Wildman–Crippen MR) is 75.1 cm³/mol. The molecule has 3 amide bonds. The van der Waals surface area contributed by atoms with Crippen LogP contribution < -0.4 is 16.0 Å². The van der Waals surface area contributed by atoms with Gasteiger partial charge in [-0.25, -0.2) is 9.18 Å². The first-order chi connectivity index (χ1) is 10.1. The van der Waals surface area contributed by atoms with Crippen LogP contribution in [0.1, 0.15) is 18.4 Å². The van der Waals surface area contributed by atoms with E-state index in [1.807, 2.05) is 0 Å². The molecular formula is C15H18FN3O2. The molecule has 5 nitrogen and oxygen atoms in total. The molecule has 0 spiro atoms. The number of piperidine rings is 1. The molecule has 3 rings (SSSR count). The van der Waals surface area contributed by atoms with Crippen LogP contribution in [0, 0.1) is 11.7 Å². The number of halogens is 1. The highest BCUT2D eigenvalue weighted by atomic mass is 19.1. The van der Waals surface area contributed by atoms with Gasteiger partial charge in [-0.15, -0.1) is 0 Å². The largest absolute Gasteiger partial charge is 0.323 e. The summed E-state index contributed by atoms with van der Waals surface area (Å²) in [6, 6.07) is 5.73. The van der Waals surface area contributed by atoms with E-state index in [9.17, 15) is 14.0 Å². The monoisotopic (exact) mass is 291 g/mol. The summed E-state index contributed by atoms with van der Waals surface area (Å²) < 4.78 is 13.4. The lowest BCUT2D eigenvalue weighted by Crippen LogP contribution is -2.57. The quantitative estimate of drug-likeness (QED) is 0.726. The summed E-state index contributed by atoms with van der Waals surface area (Å²) in [6.07, 6.45) is 1.93. The molecule has 112 valence electrons. The summed E-state index contributed by atoms with van der Waals surface area (Å²) in [5, 5.41) is 8.39. The van der Waals surface area contributed by atoms with Crippen LogP contribution in [-0.2, 0) is 11.2 Å². The third-order valence-electron chi connectivity index (χ3n) is 4.38. The fourth-order valence-electron chi connectivity index (χ4n) is 3.35. The minimum atomic E-state index is -0.965. The van der Waals surface area contributed by atoms with Crippen LogP contribution in [0.4, 0.5) is 9.18 Å². The number of urea groups is 1. The minimum absolute atomic E-state index is 0.0495. The third-order valence-corrected chi connectivity index (χ3v) is 4.38. The van der Waals surface area contributed by atoms with Gasteiger partial charge in [0.1, 0.15) is 11.4 Å². The Hall–Kier alpha value is -1.95. The Morgan fingerprint density at radius 2 is 2.00 bits per heavy atom. The molecule has 0 bridgehead atoms. The first-order valence-electron chi connectivity index (χ1n) is 7.19. The molecule has 0 saturated carbocycles. The van der Waals surface area contributed by atoms with Crippen molar-refractivity contribution in [2.24, 2.45) is 5.92 Å². The van der Waals surface area contributed by atoms with Crippen LogP contribution in [0.15, 0.2) is 24.3 Å². The lowest BCUT2D eigenvalue weighted by Gasteiger charge is -2.37. The molecule has 2 saturated heterocycles.